The molecule has 0 N–H and O–H groups in total. The van der Waals surface area contributed by atoms with Crippen molar-refractivity contribution in [1.82, 2.24) is 4.90 Å². The lowest BCUT2D eigenvalue weighted by molar-refractivity contribution is -0.116. The molecule has 1 aromatic carbocycles. The molecular formula is C14H16Br2ClNO2. The van der Waals surface area contributed by atoms with Gasteiger partial charge in [-0.3, -0.25) is 4.79 Å². The van der Waals surface area contributed by atoms with Gasteiger partial charge in [-0.05, 0) is 48.0 Å². The molecule has 110 valence electrons. The topological polar surface area (TPSA) is 29.5 Å². The Balaban J connectivity index is 2.25. The Labute approximate surface area is 140 Å². The smallest absolute Gasteiger partial charge is 0.255 e. The number of benzene rings is 1. The van der Waals surface area contributed by atoms with Gasteiger partial charge in [-0.25, -0.2) is 0 Å². The summed E-state index contributed by atoms with van der Waals surface area (Å²) in [4.78, 5) is 14.5. The van der Waals surface area contributed by atoms with Gasteiger partial charge < -0.3 is 9.64 Å². The van der Waals surface area contributed by atoms with Crippen LogP contribution in [-0.4, -0.2) is 40.9 Å². The predicted molar refractivity (Wildman–Crippen MR) is 87.8 cm³/mol. The summed E-state index contributed by atoms with van der Waals surface area (Å²) in [6, 6.07) is 5.25. The lowest BCUT2D eigenvalue weighted by Crippen LogP contribution is -2.55. The van der Waals surface area contributed by atoms with Crippen molar-refractivity contribution in [3.05, 3.63) is 33.3 Å². The van der Waals surface area contributed by atoms with E-state index < -0.39 is 0 Å². The molecule has 0 aliphatic carbocycles. The lowest BCUT2D eigenvalue weighted by atomic mass is 10.0. The summed E-state index contributed by atoms with van der Waals surface area (Å²) in [6.07, 6.45) is 0.000611. The minimum absolute atomic E-state index is 0.000611. The predicted octanol–water partition coefficient (Wildman–Crippen LogP) is 4.12. The van der Waals surface area contributed by atoms with E-state index in [2.05, 4.69) is 31.9 Å². The molecule has 3 nitrogen and oxygen atoms in total. The molecule has 0 spiro atoms. The molecule has 20 heavy (non-hydrogen) atoms. The van der Waals surface area contributed by atoms with Gasteiger partial charge in [0, 0.05) is 27.9 Å². The minimum atomic E-state index is -0.350. The van der Waals surface area contributed by atoms with Crippen LogP contribution in [0.15, 0.2) is 22.7 Å². The van der Waals surface area contributed by atoms with Crippen molar-refractivity contribution < 1.29 is 9.53 Å². The van der Waals surface area contributed by atoms with Gasteiger partial charge in [-0.15, -0.1) is 0 Å². The first kappa shape index (κ1) is 16.3. The van der Waals surface area contributed by atoms with Crippen LogP contribution in [0.25, 0.3) is 0 Å². The molecule has 1 saturated heterocycles. The van der Waals surface area contributed by atoms with Crippen molar-refractivity contribution in [3.63, 3.8) is 0 Å². The fourth-order valence-electron chi connectivity index (χ4n) is 2.36. The van der Waals surface area contributed by atoms with E-state index in [0.29, 0.717) is 29.0 Å². The molecule has 1 aromatic rings. The highest BCUT2D eigenvalue weighted by Crippen LogP contribution is 2.27. The highest BCUT2D eigenvalue weighted by atomic mass is 79.9. The second kappa shape index (κ2) is 6.34. The van der Waals surface area contributed by atoms with Crippen molar-refractivity contribution in [2.75, 3.05) is 18.4 Å². The van der Waals surface area contributed by atoms with Gasteiger partial charge in [0.15, 0.2) is 0 Å². The first-order valence-corrected chi connectivity index (χ1v) is 8.60. The van der Waals surface area contributed by atoms with Crippen molar-refractivity contribution >= 4 is 49.4 Å². The molecule has 0 radical (unpaired) electrons. The Morgan fingerprint density at radius 2 is 2.25 bits per heavy atom. The summed E-state index contributed by atoms with van der Waals surface area (Å²) in [6.45, 7) is 5.13. The minimum Gasteiger partial charge on any atom is -0.368 e. The van der Waals surface area contributed by atoms with Crippen LogP contribution in [0, 0.1) is 0 Å². The van der Waals surface area contributed by atoms with Gasteiger partial charge >= 0.3 is 0 Å². The highest BCUT2D eigenvalue weighted by Gasteiger charge is 2.35. The monoisotopic (exact) mass is 423 g/mol. The van der Waals surface area contributed by atoms with Gasteiger partial charge in [0.05, 0.1) is 17.3 Å². The molecule has 6 heteroatoms. The fraction of sp³-hybridized carbons (Fsp3) is 0.500. The van der Waals surface area contributed by atoms with Crippen LogP contribution in [-0.2, 0) is 4.74 Å². The second-order valence-electron chi connectivity index (χ2n) is 5.46. The van der Waals surface area contributed by atoms with E-state index in [9.17, 15) is 4.79 Å². The Bertz CT molecular complexity index is 522. The van der Waals surface area contributed by atoms with E-state index in [0.717, 1.165) is 4.47 Å². The Kier molecular flexibility index (Phi) is 5.16. The van der Waals surface area contributed by atoms with Crippen molar-refractivity contribution in [1.29, 1.82) is 0 Å². The number of hydrogen-bond donors (Lipinski definition) is 0. The van der Waals surface area contributed by atoms with E-state index in [4.69, 9.17) is 16.3 Å². The first-order valence-electron chi connectivity index (χ1n) is 6.30. The number of amides is 1. The largest absolute Gasteiger partial charge is 0.368 e. The van der Waals surface area contributed by atoms with E-state index in [1.165, 1.54) is 0 Å². The summed E-state index contributed by atoms with van der Waals surface area (Å²) < 4.78 is 6.67. The van der Waals surface area contributed by atoms with Crippen LogP contribution in [0.2, 0.25) is 5.02 Å². The molecule has 1 atom stereocenters. The van der Waals surface area contributed by atoms with Crippen LogP contribution in [0.4, 0.5) is 0 Å². The van der Waals surface area contributed by atoms with Gasteiger partial charge in [0.25, 0.3) is 5.91 Å². The van der Waals surface area contributed by atoms with Crippen LogP contribution >= 0.6 is 43.5 Å². The van der Waals surface area contributed by atoms with E-state index in [1.807, 2.05) is 18.7 Å². The lowest BCUT2D eigenvalue weighted by Gasteiger charge is -2.42. The van der Waals surface area contributed by atoms with Crippen LogP contribution in [0.1, 0.15) is 24.2 Å². The standard InChI is InChI=1S/C14H16Br2ClNO2/c1-14(2)8-18(7-10(6-15)20-14)13(19)11-5-9(17)3-4-12(11)16/h3-5,10H,6-8H2,1-2H3. The molecule has 1 heterocycles. The zero-order chi connectivity index (χ0) is 14.9. The van der Waals surface area contributed by atoms with Crippen molar-refractivity contribution in [2.24, 2.45) is 0 Å². The molecular weight excluding hydrogens is 409 g/mol. The SMILES string of the molecule is CC1(C)CN(C(=O)c2cc(Cl)ccc2Br)CC(CBr)O1. The number of halogens is 3. The maximum Gasteiger partial charge on any atom is 0.255 e. The molecule has 1 aliphatic heterocycles. The fourth-order valence-corrected chi connectivity index (χ4v) is 3.29. The number of alkyl halides is 1. The number of nitrogens with zero attached hydrogens (tertiary/aromatic N) is 1. The Morgan fingerprint density at radius 3 is 2.90 bits per heavy atom. The quantitative estimate of drug-likeness (QED) is 0.668. The van der Waals surface area contributed by atoms with Crippen LogP contribution < -0.4 is 0 Å². The second-order valence-corrected chi connectivity index (χ2v) is 7.40. The average Bonchev–Trinajstić information content (AvgIpc) is 2.38. The third kappa shape index (κ3) is 3.75. The summed E-state index contributed by atoms with van der Waals surface area (Å²) in [5, 5.41) is 1.26. The molecule has 1 fully saturated rings. The Hall–Kier alpha value is -0.100. The summed E-state index contributed by atoms with van der Waals surface area (Å²) in [5.41, 5.74) is 0.237. The molecule has 0 bridgehead atoms. The normalized spacial score (nSPS) is 21.9. The number of rotatable bonds is 2. The van der Waals surface area contributed by atoms with Gasteiger partial charge in [0.2, 0.25) is 0 Å². The van der Waals surface area contributed by atoms with Gasteiger partial charge in [-0.2, -0.15) is 0 Å². The number of morpholine rings is 1. The summed E-state index contributed by atoms with van der Waals surface area (Å²) in [5.74, 6) is -0.0262. The van der Waals surface area contributed by atoms with Crippen molar-refractivity contribution in [2.45, 2.75) is 25.6 Å². The first-order chi connectivity index (χ1) is 9.32. The molecule has 1 amide bonds. The van der Waals surface area contributed by atoms with Gasteiger partial charge in [-0.1, -0.05) is 27.5 Å². The number of hydrogen-bond acceptors (Lipinski definition) is 2. The molecule has 0 saturated carbocycles. The highest BCUT2D eigenvalue weighted by molar-refractivity contribution is 9.10. The van der Waals surface area contributed by atoms with Crippen molar-refractivity contribution in [3.8, 4) is 0 Å². The maximum atomic E-state index is 12.7. The summed E-state index contributed by atoms with van der Waals surface area (Å²) in [7, 11) is 0. The number of ether oxygens (including phenoxy) is 1. The molecule has 0 aromatic heterocycles. The van der Waals surface area contributed by atoms with Crippen LogP contribution in [0.3, 0.4) is 0 Å². The van der Waals surface area contributed by atoms with E-state index >= 15 is 0 Å². The zero-order valence-corrected chi connectivity index (χ0v) is 15.3. The van der Waals surface area contributed by atoms with E-state index in [-0.39, 0.29) is 17.6 Å². The Morgan fingerprint density at radius 1 is 1.55 bits per heavy atom. The molecule has 2 rings (SSSR count). The van der Waals surface area contributed by atoms with E-state index in [1.54, 1.807) is 18.2 Å². The summed E-state index contributed by atoms with van der Waals surface area (Å²) >= 11 is 12.8. The third-order valence-electron chi connectivity index (χ3n) is 3.10. The molecule has 1 aliphatic rings. The van der Waals surface area contributed by atoms with Crippen LogP contribution in [0.5, 0.6) is 0 Å². The molecule has 1 unspecified atom stereocenters. The number of carbonyl (C=O) groups is 1. The van der Waals surface area contributed by atoms with Gasteiger partial charge in [0.1, 0.15) is 0 Å². The number of carbonyl (C=O) groups excluding carboxylic acids is 1. The average molecular weight is 426 g/mol. The third-order valence-corrected chi connectivity index (χ3v) is 4.75. The maximum absolute atomic E-state index is 12.7. The zero-order valence-electron chi connectivity index (χ0n) is 11.3.